The Bertz CT molecular complexity index is 355. The third kappa shape index (κ3) is 3.65. The monoisotopic (exact) mass is 243 g/mol. The number of benzene rings is 1. The van der Waals surface area contributed by atoms with E-state index >= 15 is 0 Å². The fourth-order valence-electron chi connectivity index (χ4n) is 1.42. The molecule has 1 aromatic carbocycles. The van der Waals surface area contributed by atoms with E-state index in [2.05, 4.69) is 5.32 Å². The molecule has 1 saturated carbocycles. The van der Waals surface area contributed by atoms with Gasteiger partial charge in [-0.15, -0.1) is 0 Å². The minimum Gasteiger partial charge on any atom is -0.493 e. The van der Waals surface area contributed by atoms with Gasteiger partial charge in [-0.25, -0.2) is 4.39 Å². The van der Waals surface area contributed by atoms with Gasteiger partial charge in [-0.2, -0.15) is 0 Å². The first-order chi connectivity index (χ1) is 7.75. The summed E-state index contributed by atoms with van der Waals surface area (Å²) in [5.41, 5.74) is 0. The molecule has 1 N–H and O–H groups in total. The average molecular weight is 244 g/mol. The molecule has 16 heavy (non-hydrogen) atoms. The normalized spacial score (nSPS) is 15.1. The van der Waals surface area contributed by atoms with Gasteiger partial charge >= 0.3 is 0 Å². The Labute approximate surface area is 99.7 Å². The summed E-state index contributed by atoms with van der Waals surface area (Å²) in [6.45, 7) is 1.56. The third-order valence-corrected chi connectivity index (χ3v) is 2.80. The highest BCUT2D eigenvalue weighted by Crippen LogP contribution is 2.20. The average Bonchev–Trinajstić information content (AvgIpc) is 3.07. The standard InChI is InChI=1S/C12H15ClFNO/c13-11-5-4-10(8-12(11)14)16-7-1-6-15-9-2-3-9/h4-5,8-9,15H,1-3,6-7H2. The van der Waals surface area contributed by atoms with Gasteiger partial charge in [-0.3, -0.25) is 0 Å². The van der Waals surface area contributed by atoms with Gasteiger partial charge in [0.1, 0.15) is 11.6 Å². The molecule has 2 nitrogen and oxygen atoms in total. The lowest BCUT2D eigenvalue weighted by molar-refractivity contribution is 0.306. The number of hydrogen-bond donors (Lipinski definition) is 1. The van der Waals surface area contributed by atoms with Crippen molar-refractivity contribution < 1.29 is 9.13 Å². The van der Waals surface area contributed by atoms with E-state index in [1.54, 1.807) is 6.07 Å². The molecule has 0 heterocycles. The Kier molecular flexibility index (Phi) is 4.02. The fourth-order valence-corrected chi connectivity index (χ4v) is 1.54. The largest absolute Gasteiger partial charge is 0.493 e. The second-order valence-corrected chi connectivity index (χ2v) is 4.41. The number of halogens is 2. The fraction of sp³-hybridized carbons (Fsp3) is 0.500. The zero-order valence-corrected chi connectivity index (χ0v) is 9.77. The first-order valence-corrected chi connectivity index (χ1v) is 5.95. The van der Waals surface area contributed by atoms with Crippen molar-refractivity contribution >= 4 is 11.6 Å². The molecule has 0 spiro atoms. The number of hydrogen-bond acceptors (Lipinski definition) is 2. The van der Waals surface area contributed by atoms with Crippen LogP contribution in [0.15, 0.2) is 18.2 Å². The predicted octanol–water partition coefficient (Wildman–Crippen LogP) is 3.00. The van der Waals surface area contributed by atoms with E-state index in [1.807, 2.05) is 0 Å². The molecule has 1 aliphatic rings. The summed E-state index contributed by atoms with van der Waals surface area (Å²) in [6.07, 6.45) is 3.52. The maximum absolute atomic E-state index is 13.0. The van der Waals surface area contributed by atoms with Gasteiger partial charge in [-0.05, 0) is 37.9 Å². The van der Waals surface area contributed by atoms with Crippen molar-refractivity contribution in [3.05, 3.63) is 29.0 Å². The van der Waals surface area contributed by atoms with Crippen LogP contribution in [0.2, 0.25) is 5.02 Å². The Morgan fingerprint density at radius 1 is 1.44 bits per heavy atom. The molecule has 1 aromatic rings. The van der Waals surface area contributed by atoms with Crippen molar-refractivity contribution in [1.82, 2.24) is 5.32 Å². The highest BCUT2D eigenvalue weighted by molar-refractivity contribution is 6.30. The number of nitrogens with one attached hydrogen (secondary N) is 1. The molecular weight excluding hydrogens is 229 g/mol. The SMILES string of the molecule is Fc1cc(OCCCNC2CC2)ccc1Cl. The summed E-state index contributed by atoms with van der Waals surface area (Å²) >= 11 is 5.57. The molecule has 1 fully saturated rings. The highest BCUT2D eigenvalue weighted by atomic mass is 35.5. The van der Waals surface area contributed by atoms with Crippen LogP contribution in [0.1, 0.15) is 19.3 Å². The Morgan fingerprint density at radius 3 is 2.94 bits per heavy atom. The van der Waals surface area contributed by atoms with Crippen LogP contribution in [-0.4, -0.2) is 19.2 Å². The lowest BCUT2D eigenvalue weighted by atomic mass is 10.3. The number of ether oxygens (including phenoxy) is 1. The van der Waals surface area contributed by atoms with Gasteiger partial charge in [0.05, 0.1) is 11.6 Å². The van der Waals surface area contributed by atoms with E-state index in [0.717, 1.165) is 19.0 Å². The van der Waals surface area contributed by atoms with Crippen molar-refractivity contribution in [1.29, 1.82) is 0 Å². The molecule has 0 atom stereocenters. The van der Waals surface area contributed by atoms with Gasteiger partial charge in [0.25, 0.3) is 0 Å². The van der Waals surface area contributed by atoms with Gasteiger partial charge in [0.15, 0.2) is 0 Å². The smallest absolute Gasteiger partial charge is 0.145 e. The van der Waals surface area contributed by atoms with E-state index in [0.29, 0.717) is 12.4 Å². The first-order valence-electron chi connectivity index (χ1n) is 5.57. The summed E-state index contributed by atoms with van der Waals surface area (Å²) in [7, 11) is 0. The maximum Gasteiger partial charge on any atom is 0.145 e. The zero-order valence-electron chi connectivity index (χ0n) is 9.01. The molecule has 1 aliphatic carbocycles. The molecule has 0 aromatic heterocycles. The topological polar surface area (TPSA) is 21.3 Å². The first kappa shape index (κ1) is 11.7. The molecule has 0 amide bonds. The molecule has 88 valence electrons. The quantitative estimate of drug-likeness (QED) is 0.776. The minimum absolute atomic E-state index is 0.128. The zero-order chi connectivity index (χ0) is 11.4. The van der Waals surface area contributed by atoms with Crippen LogP contribution >= 0.6 is 11.6 Å². The van der Waals surface area contributed by atoms with E-state index in [4.69, 9.17) is 16.3 Å². The van der Waals surface area contributed by atoms with Crippen LogP contribution < -0.4 is 10.1 Å². The molecular formula is C12H15ClFNO. The van der Waals surface area contributed by atoms with Crippen LogP contribution in [0, 0.1) is 5.82 Å². The van der Waals surface area contributed by atoms with Crippen LogP contribution in [0.3, 0.4) is 0 Å². The molecule has 4 heteroatoms. The summed E-state index contributed by atoms with van der Waals surface area (Å²) < 4.78 is 18.4. The van der Waals surface area contributed by atoms with E-state index in [1.165, 1.54) is 25.0 Å². The summed E-state index contributed by atoms with van der Waals surface area (Å²) in [4.78, 5) is 0. The van der Waals surface area contributed by atoms with Crippen molar-refractivity contribution in [3.8, 4) is 5.75 Å². The maximum atomic E-state index is 13.0. The van der Waals surface area contributed by atoms with Crippen LogP contribution in [0.4, 0.5) is 4.39 Å². The molecule has 0 unspecified atom stereocenters. The third-order valence-electron chi connectivity index (χ3n) is 2.49. The van der Waals surface area contributed by atoms with Crippen molar-refractivity contribution in [2.45, 2.75) is 25.3 Å². The molecule has 0 aliphatic heterocycles. The molecule has 0 radical (unpaired) electrons. The van der Waals surface area contributed by atoms with Crippen molar-refractivity contribution in [2.75, 3.05) is 13.2 Å². The van der Waals surface area contributed by atoms with Gasteiger partial charge in [-0.1, -0.05) is 11.6 Å². The summed E-state index contributed by atoms with van der Waals surface area (Å²) in [5.74, 6) is 0.101. The number of rotatable bonds is 6. The lowest BCUT2D eigenvalue weighted by Crippen LogP contribution is -2.19. The Morgan fingerprint density at radius 2 is 2.25 bits per heavy atom. The molecule has 0 saturated heterocycles. The second kappa shape index (κ2) is 5.51. The van der Waals surface area contributed by atoms with E-state index < -0.39 is 5.82 Å². The predicted molar refractivity (Wildman–Crippen MR) is 62.5 cm³/mol. The van der Waals surface area contributed by atoms with E-state index in [9.17, 15) is 4.39 Å². The van der Waals surface area contributed by atoms with Gasteiger partial charge in [0, 0.05) is 12.1 Å². The van der Waals surface area contributed by atoms with Gasteiger partial charge < -0.3 is 10.1 Å². The molecule has 2 rings (SSSR count). The van der Waals surface area contributed by atoms with E-state index in [-0.39, 0.29) is 5.02 Å². The highest BCUT2D eigenvalue weighted by Gasteiger charge is 2.19. The van der Waals surface area contributed by atoms with Gasteiger partial charge in [0.2, 0.25) is 0 Å². The second-order valence-electron chi connectivity index (χ2n) is 4.01. The minimum atomic E-state index is -0.435. The summed E-state index contributed by atoms with van der Waals surface area (Å²) in [5, 5.41) is 3.52. The summed E-state index contributed by atoms with van der Waals surface area (Å²) in [6, 6.07) is 5.23. The van der Waals surface area contributed by atoms with Crippen LogP contribution in [-0.2, 0) is 0 Å². The lowest BCUT2D eigenvalue weighted by Gasteiger charge is -2.07. The van der Waals surface area contributed by atoms with Crippen LogP contribution in [0.25, 0.3) is 0 Å². The van der Waals surface area contributed by atoms with Crippen molar-refractivity contribution in [2.24, 2.45) is 0 Å². The van der Waals surface area contributed by atoms with Crippen LogP contribution in [0.5, 0.6) is 5.75 Å². The molecule has 0 bridgehead atoms. The van der Waals surface area contributed by atoms with Crippen molar-refractivity contribution in [3.63, 3.8) is 0 Å². The Hall–Kier alpha value is -0.800. The Balaban J connectivity index is 1.65.